The number of H-pyrrole nitrogens is 1. The number of ether oxygens (including phenoxy) is 1. The molecule has 0 saturated carbocycles. The number of hydrogen-bond acceptors (Lipinski definition) is 5. The van der Waals surface area contributed by atoms with Crippen molar-refractivity contribution in [3.05, 3.63) is 42.4 Å². The summed E-state index contributed by atoms with van der Waals surface area (Å²) in [7, 11) is 0. The lowest BCUT2D eigenvalue weighted by molar-refractivity contribution is -0.139. The maximum Gasteiger partial charge on any atom is 0.419 e. The second-order valence-electron chi connectivity index (χ2n) is 5.20. The summed E-state index contributed by atoms with van der Waals surface area (Å²) in [6, 6.07) is 4.84. The van der Waals surface area contributed by atoms with Crippen molar-refractivity contribution in [2.75, 3.05) is 11.9 Å². The van der Waals surface area contributed by atoms with Gasteiger partial charge in [0.05, 0.1) is 23.2 Å². The second-order valence-corrected chi connectivity index (χ2v) is 5.20. The molecular formula is C15H14F3N5O. The van der Waals surface area contributed by atoms with E-state index in [-0.39, 0.29) is 18.4 Å². The number of nitrogens with one attached hydrogen (secondary N) is 2. The van der Waals surface area contributed by atoms with Gasteiger partial charge in [0.2, 0.25) is 0 Å². The molecule has 1 unspecified atom stereocenters. The average molecular weight is 337 g/mol. The minimum Gasteiger partial charge on any atom is -0.491 e. The van der Waals surface area contributed by atoms with Crippen molar-refractivity contribution < 1.29 is 17.9 Å². The molecule has 3 rings (SSSR count). The monoisotopic (exact) mass is 337 g/mol. The second kappa shape index (κ2) is 6.34. The largest absolute Gasteiger partial charge is 0.491 e. The van der Waals surface area contributed by atoms with Crippen molar-refractivity contribution in [3.8, 4) is 5.75 Å². The summed E-state index contributed by atoms with van der Waals surface area (Å²) in [4.78, 5) is 8.13. The van der Waals surface area contributed by atoms with Crippen LogP contribution in [0.25, 0.3) is 11.0 Å². The highest BCUT2D eigenvalue weighted by molar-refractivity contribution is 5.85. The van der Waals surface area contributed by atoms with E-state index < -0.39 is 11.7 Å². The van der Waals surface area contributed by atoms with Gasteiger partial charge >= 0.3 is 6.18 Å². The van der Waals surface area contributed by atoms with Crippen LogP contribution in [-0.4, -0.2) is 32.8 Å². The van der Waals surface area contributed by atoms with Gasteiger partial charge in [-0.05, 0) is 19.1 Å². The normalized spacial score (nSPS) is 13.0. The van der Waals surface area contributed by atoms with Crippen LogP contribution >= 0.6 is 0 Å². The third-order valence-corrected chi connectivity index (χ3v) is 3.31. The van der Waals surface area contributed by atoms with Gasteiger partial charge in [0.25, 0.3) is 0 Å². The quantitative estimate of drug-likeness (QED) is 0.747. The summed E-state index contributed by atoms with van der Waals surface area (Å²) < 4.78 is 44.1. The molecule has 3 aromatic rings. The molecule has 2 N–H and O–H groups in total. The van der Waals surface area contributed by atoms with E-state index in [1.165, 1.54) is 24.5 Å². The number of rotatable bonds is 5. The van der Waals surface area contributed by atoms with Crippen LogP contribution in [0.2, 0.25) is 0 Å². The Bertz CT molecular complexity index is 833. The van der Waals surface area contributed by atoms with E-state index in [9.17, 15) is 13.2 Å². The molecule has 0 aliphatic carbocycles. The fourth-order valence-corrected chi connectivity index (χ4v) is 2.20. The maximum atomic E-state index is 12.9. The number of halogens is 3. The molecule has 0 spiro atoms. The molecule has 2 heterocycles. The van der Waals surface area contributed by atoms with Crippen LogP contribution in [0.4, 0.5) is 19.0 Å². The Morgan fingerprint density at radius 1 is 1.25 bits per heavy atom. The van der Waals surface area contributed by atoms with Gasteiger partial charge in [0, 0.05) is 0 Å². The Hall–Kier alpha value is -2.84. The summed E-state index contributed by atoms with van der Waals surface area (Å²) in [5.41, 5.74) is -0.223. The number of fused-ring (bicyclic) bond motifs is 1. The van der Waals surface area contributed by atoms with Crippen molar-refractivity contribution in [2.45, 2.75) is 19.1 Å². The summed E-state index contributed by atoms with van der Waals surface area (Å²) in [5, 5.41) is 10.4. The molecule has 6 nitrogen and oxygen atoms in total. The molecule has 126 valence electrons. The Balaban J connectivity index is 1.68. The first-order valence-corrected chi connectivity index (χ1v) is 7.15. The maximum absolute atomic E-state index is 12.9. The van der Waals surface area contributed by atoms with E-state index in [1.54, 1.807) is 13.1 Å². The van der Waals surface area contributed by atoms with Crippen molar-refractivity contribution >= 4 is 16.9 Å². The van der Waals surface area contributed by atoms with E-state index >= 15 is 0 Å². The molecule has 2 aromatic heterocycles. The number of hydrogen-bond donors (Lipinski definition) is 2. The Labute approximate surface area is 135 Å². The molecule has 24 heavy (non-hydrogen) atoms. The van der Waals surface area contributed by atoms with Crippen LogP contribution in [-0.2, 0) is 6.18 Å². The zero-order chi connectivity index (χ0) is 17.2. The number of alkyl halides is 3. The lowest BCUT2D eigenvalue weighted by atomic mass is 10.2. The fourth-order valence-electron chi connectivity index (χ4n) is 2.20. The van der Waals surface area contributed by atoms with E-state index in [0.717, 1.165) is 6.07 Å². The predicted molar refractivity (Wildman–Crippen MR) is 81.7 cm³/mol. The molecule has 0 saturated heterocycles. The van der Waals surface area contributed by atoms with Crippen molar-refractivity contribution in [2.24, 2.45) is 0 Å². The third kappa shape index (κ3) is 3.39. The van der Waals surface area contributed by atoms with Crippen molar-refractivity contribution in [1.82, 2.24) is 20.2 Å². The van der Waals surface area contributed by atoms with E-state index in [0.29, 0.717) is 16.9 Å². The van der Waals surface area contributed by atoms with Gasteiger partial charge in [-0.1, -0.05) is 12.1 Å². The molecule has 0 aliphatic heterocycles. The molecule has 0 bridgehead atoms. The molecule has 9 heteroatoms. The zero-order valence-corrected chi connectivity index (χ0v) is 12.6. The third-order valence-electron chi connectivity index (χ3n) is 3.31. The van der Waals surface area contributed by atoms with E-state index in [2.05, 4.69) is 25.5 Å². The van der Waals surface area contributed by atoms with Crippen LogP contribution in [0.3, 0.4) is 0 Å². The number of anilines is 1. The van der Waals surface area contributed by atoms with Gasteiger partial charge in [-0.3, -0.25) is 5.10 Å². The molecule has 0 radical (unpaired) electrons. The number of aromatic nitrogens is 4. The number of para-hydroxylation sites is 1. The average Bonchev–Trinajstić information content (AvgIpc) is 3.02. The van der Waals surface area contributed by atoms with Crippen LogP contribution < -0.4 is 10.1 Å². The predicted octanol–water partition coefficient (Wildman–Crippen LogP) is 3.25. The molecular weight excluding hydrogens is 323 g/mol. The van der Waals surface area contributed by atoms with Crippen LogP contribution in [0.15, 0.2) is 36.8 Å². The molecule has 1 atom stereocenters. The van der Waals surface area contributed by atoms with Crippen molar-refractivity contribution in [3.63, 3.8) is 0 Å². The summed E-state index contributed by atoms with van der Waals surface area (Å²) in [6.45, 7) is 1.82. The Morgan fingerprint density at radius 3 is 2.83 bits per heavy atom. The first kappa shape index (κ1) is 16.0. The minimum absolute atomic E-state index is 0.0381. The SMILES string of the molecule is CC(COc1ccccc1C(F)(F)F)Nc1ncnc2[nH]ncc12. The van der Waals surface area contributed by atoms with Gasteiger partial charge in [-0.15, -0.1) is 0 Å². The van der Waals surface area contributed by atoms with Gasteiger partial charge in [0.15, 0.2) is 5.65 Å². The first-order valence-electron chi connectivity index (χ1n) is 7.15. The van der Waals surface area contributed by atoms with Gasteiger partial charge in [0.1, 0.15) is 24.5 Å². The summed E-state index contributed by atoms with van der Waals surface area (Å²) in [6.07, 6.45) is -1.51. The summed E-state index contributed by atoms with van der Waals surface area (Å²) >= 11 is 0. The first-order chi connectivity index (χ1) is 11.4. The van der Waals surface area contributed by atoms with Crippen LogP contribution in [0.5, 0.6) is 5.75 Å². The topological polar surface area (TPSA) is 75.7 Å². The highest BCUT2D eigenvalue weighted by Crippen LogP contribution is 2.35. The minimum atomic E-state index is -4.46. The molecule has 0 fully saturated rings. The number of benzene rings is 1. The number of aromatic amines is 1. The molecule has 0 aliphatic rings. The number of nitrogens with zero attached hydrogens (tertiary/aromatic N) is 3. The standard InChI is InChI=1S/C15H14F3N5O/c1-9(22-13-10-6-21-23-14(10)20-8-19-13)7-24-12-5-3-2-4-11(12)15(16,17)18/h2-6,8-9H,7H2,1H3,(H2,19,20,21,22,23). The molecule has 1 aromatic carbocycles. The Kier molecular flexibility index (Phi) is 4.24. The zero-order valence-electron chi connectivity index (χ0n) is 12.6. The van der Waals surface area contributed by atoms with Crippen LogP contribution in [0.1, 0.15) is 12.5 Å². The van der Waals surface area contributed by atoms with Gasteiger partial charge < -0.3 is 10.1 Å². The van der Waals surface area contributed by atoms with E-state index in [4.69, 9.17) is 4.74 Å². The molecule has 0 amide bonds. The van der Waals surface area contributed by atoms with E-state index in [1.807, 2.05) is 0 Å². The summed E-state index contributed by atoms with van der Waals surface area (Å²) in [5.74, 6) is 0.337. The van der Waals surface area contributed by atoms with Gasteiger partial charge in [-0.25, -0.2) is 9.97 Å². The lowest BCUT2D eigenvalue weighted by Gasteiger charge is -2.18. The lowest BCUT2D eigenvalue weighted by Crippen LogP contribution is -2.25. The van der Waals surface area contributed by atoms with Gasteiger partial charge in [-0.2, -0.15) is 18.3 Å². The van der Waals surface area contributed by atoms with Crippen molar-refractivity contribution in [1.29, 1.82) is 0 Å². The van der Waals surface area contributed by atoms with Crippen LogP contribution in [0, 0.1) is 0 Å². The highest BCUT2D eigenvalue weighted by Gasteiger charge is 2.34. The highest BCUT2D eigenvalue weighted by atomic mass is 19.4. The fraction of sp³-hybridized carbons (Fsp3) is 0.267. The Morgan fingerprint density at radius 2 is 2.04 bits per heavy atom. The smallest absolute Gasteiger partial charge is 0.419 e.